The summed E-state index contributed by atoms with van der Waals surface area (Å²) in [6, 6.07) is 5.84. The van der Waals surface area contributed by atoms with Crippen LogP contribution in [0, 0.1) is 10.1 Å². The monoisotopic (exact) mass is 462 g/mol. The number of ether oxygens (including phenoxy) is 2. The molecule has 0 saturated heterocycles. The van der Waals surface area contributed by atoms with Crippen molar-refractivity contribution in [3.63, 3.8) is 0 Å². The number of rotatable bonds is 3. The molecule has 0 bridgehead atoms. The van der Waals surface area contributed by atoms with Crippen LogP contribution >= 0.6 is 0 Å². The first kappa shape index (κ1) is 29.6. The minimum Gasteiger partial charge on any atom is -0.406 e. The number of nitro groups is 1. The van der Waals surface area contributed by atoms with Crippen molar-refractivity contribution in [1.82, 2.24) is 0 Å². The van der Waals surface area contributed by atoms with E-state index in [-0.39, 0.29) is 30.2 Å². The molecule has 0 atom stereocenters. The first-order chi connectivity index (χ1) is 13.7. The molecule has 0 aliphatic heterocycles. The zero-order valence-electron chi connectivity index (χ0n) is 15.0. The van der Waals surface area contributed by atoms with Crippen molar-refractivity contribution in [2.24, 2.45) is 0 Å². The molecule has 0 aromatic heterocycles. The van der Waals surface area contributed by atoms with Crippen LogP contribution in [-0.4, -0.2) is 29.9 Å². The molecule has 2 aromatic rings. The second kappa shape index (κ2) is 12.2. The number of aliphatic hydroxyl groups is 1. The molecule has 0 fully saturated rings. The van der Waals surface area contributed by atoms with E-state index in [9.17, 15) is 36.5 Å². The summed E-state index contributed by atoms with van der Waals surface area (Å²) < 4.78 is 77.4. The first-order valence-corrected chi connectivity index (χ1v) is 7.33. The van der Waals surface area contributed by atoms with Gasteiger partial charge in [-0.05, 0) is 24.3 Å². The van der Waals surface area contributed by atoms with Crippen molar-refractivity contribution in [3.8, 4) is 11.5 Å². The predicted octanol–water partition coefficient (Wildman–Crippen LogP) is 4.07. The SMILES string of the molecule is C.CO.Nc1ccc(OC(F)(F)F)cc1N.Nc1ccc(OC(F)(F)F)cc1[N+](=O)[O-]. The van der Waals surface area contributed by atoms with Crippen molar-refractivity contribution in [2.75, 3.05) is 24.3 Å². The van der Waals surface area contributed by atoms with Gasteiger partial charge in [0.2, 0.25) is 0 Å². The quantitative estimate of drug-likeness (QED) is 0.230. The Balaban J connectivity index is 0. The Hall–Kier alpha value is -3.62. The Kier molecular flexibility index (Phi) is 11.6. The van der Waals surface area contributed by atoms with Gasteiger partial charge in [0.05, 0.1) is 22.4 Å². The van der Waals surface area contributed by atoms with Crippen LogP contribution in [0.1, 0.15) is 7.43 Å². The van der Waals surface area contributed by atoms with Gasteiger partial charge in [0, 0.05) is 13.2 Å². The lowest BCUT2D eigenvalue weighted by Gasteiger charge is -2.09. The zero-order valence-corrected chi connectivity index (χ0v) is 15.0. The van der Waals surface area contributed by atoms with Crippen molar-refractivity contribution in [1.29, 1.82) is 0 Å². The summed E-state index contributed by atoms with van der Waals surface area (Å²) >= 11 is 0. The highest BCUT2D eigenvalue weighted by molar-refractivity contribution is 5.65. The molecular weight excluding hydrogens is 442 g/mol. The number of anilines is 3. The largest absolute Gasteiger partial charge is 0.573 e. The first-order valence-electron chi connectivity index (χ1n) is 7.33. The minimum absolute atomic E-state index is 0. The average Bonchev–Trinajstić information content (AvgIpc) is 2.59. The van der Waals surface area contributed by atoms with Gasteiger partial charge in [0.15, 0.2) is 0 Å². The highest BCUT2D eigenvalue weighted by atomic mass is 19.4. The molecule has 0 saturated carbocycles. The summed E-state index contributed by atoms with van der Waals surface area (Å²) in [6.45, 7) is 0. The number of nitrogens with zero attached hydrogens (tertiary/aromatic N) is 1. The van der Waals surface area contributed by atoms with Crippen LogP contribution in [0.15, 0.2) is 36.4 Å². The third-order valence-electron chi connectivity index (χ3n) is 2.72. The van der Waals surface area contributed by atoms with E-state index in [1.807, 2.05) is 0 Å². The maximum atomic E-state index is 11.8. The number of nitro benzene ring substituents is 1. The van der Waals surface area contributed by atoms with Gasteiger partial charge in [-0.2, -0.15) is 0 Å². The van der Waals surface area contributed by atoms with Gasteiger partial charge >= 0.3 is 12.7 Å². The van der Waals surface area contributed by atoms with E-state index < -0.39 is 29.1 Å². The molecule has 0 aliphatic rings. The predicted molar refractivity (Wildman–Crippen MR) is 101 cm³/mol. The van der Waals surface area contributed by atoms with Crippen LogP contribution in [0.3, 0.4) is 0 Å². The summed E-state index contributed by atoms with van der Waals surface area (Å²) in [6.07, 6.45) is -9.59. The second-order valence-corrected chi connectivity index (χ2v) is 4.86. The van der Waals surface area contributed by atoms with Crippen LogP contribution in [-0.2, 0) is 0 Å². The summed E-state index contributed by atoms with van der Waals surface area (Å²) in [5.41, 5.74) is 15.2. The van der Waals surface area contributed by atoms with E-state index in [0.29, 0.717) is 6.07 Å². The fourth-order valence-electron chi connectivity index (χ4n) is 1.63. The Morgan fingerprint density at radius 1 is 0.806 bits per heavy atom. The van der Waals surface area contributed by atoms with Crippen LogP contribution < -0.4 is 26.7 Å². The molecule has 0 unspecified atom stereocenters. The third-order valence-corrected chi connectivity index (χ3v) is 2.72. The number of nitrogens with two attached hydrogens (primary N) is 3. The van der Waals surface area contributed by atoms with Gasteiger partial charge in [0.1, 0.15) is 17.2 Å². The second-order valence-electron chi connectivity index (χ2n) is 4.86. The number of hydrogen-bond acceptors (Lipinski definition) is 8. The smallest absolute Gasteiger partial charge is 0.406 e. The normalized spacial score (nSPS) is 10.3. The van der Waals surface area contributed by atoms with E-state index in [0.717, 1.165) is 31.4 Å². The van der Waals surface area contributed by atoms with Crippen LogP contribution in [0.2, 0.25) is 0 Å². The molecular formula is C16H20F6N4O5. The average molecular weight is 462 g/mol. The highest BCUT2D eigenvalue weighted by Crippen LogP contribution is 2.30. The third kappa shape index (κ3) is 11.8. The van der Waals surface area contributed by atoms with E-state index in [2.05, 4.69) is 9.47 Å². The van der Waals surface area contributed by atoms with Crippen molar-refractivity contribution < 1.29 is 45.8 Å². The summed E-state index contributed by atoms with van der Waals surface area (Å²) in [4.78, 5) is 9.44. The summed E-state index contributed by atoms with van der Waals surface area (Å²) in [5, 5.41) is 17.3. The van der Waals surface area contributed by atoms with Crippen LogP contribution in [0.4, 0.5) is 49.1 Å². The maximum Gasteiger partial charge on any atom is 0.573 e. The number of hydrogen-bond donors (Lipinski definition) is 4. The number of benzene rings is 2. The van der Waals surface area contributed by atoms with Gasteiger partial charge < -0.3 is 31.8 Å². The Morgan fingerprint density at radius 3 is 1.55 bits per heavy atom. The van der Waals surface area contributed by atoms with Crippen LogP contribution in [0.5, 0.6) is 11.5 Å². The minimum atomic E-state index is -4.88. The van der Waals surface area contributed by atoms with Crippen LogP contribution in [0.25, 0.3) is 0 Å². The molecule has 0 amide bonds. The maximum absolute atomic E-state index is 11.8. The molecule has 15 heteroatoms. The molecule has 0 spiro atoms. The lowest BCUT2D eigenvalue weighted by molar-refractivity contribution is -0.384. The molecule has 9 nitrogen and oxygen atoms in total. The van der Waals surface area contributed by atoms with Gasteiger partial charge in [0.25, 0.3) is 5.69 Å². The molecule has 0 radical (unpaired) electrons. The van der Waals surface area contributed by atoms with E-state index in [4.69, 9.17) is 22.3 Å². The topological polar surface area (TPSA) is 160 Å². The van der Waals surface area contributed by atoms with E-state index in [1.165, 1.54) is 6.07 Å². The van der Waals surface area contributed by atoms with E-state index >= 15 is 0 Å². The summed E-state index contributed by atoms with van der Waals surface area (Å²) in [7, 11) is 1.00. The lowest BCUT2D eigenvalue weighted by Crippen LogP contribution is -2.17. The van der Waals surface area contributed by atoms with Crippen molar-refractivity contribution >= 4 is 22.7 Å². The molecule has 7 N–H and O–H groups in total. The fourth-order valence-corrected chi connectivity index (χ4v) is 1.63. The fraction of sp³-hybridized carbons (Fsp3) is 0.250. The zero-order chi connectivity index (χ0) is 23.7. The van der Waals surface area contributed by atoms with Gasteiger partial charge in [-0.15, -0.1) is 26.3 Å². The molecule has 2 rings (SSSR count). The molecule has 2 aromatic carbocycles. The van der Waals surface area contributed by atoms with Gasteiger partial charge in [-0.25, -0.2) is 0 Å². The molecule has 0 aliphatic carbocycles. The Morgan fingerprint density at radius 2 is 1.19 bits per heavy atom. The Bertz CT molecular complexity index is 846. The standard InChI is InChI=1S/C7H5F3N2O3.C7H7F3N2O.CH4O.CH4/c8-7(9,10)15-4-1-2-5(11)6(3-4)12(13)14;8-7(9,10)13-4-1-2-5(11)6(12)3-4;1-2;/h1-3H,11H2;1-3H,11-12H2;2H,1H3;1H4. The van der Waals surface area contributed by atoms with E-state index in [1.54, 1.807) is 0 Å². The molecule has 176 valence electrons. The van der Waals surface area contributed by atoms with Crippen molar-refractivity contribution in [3.05, 3.63) is 46.5 Å². The molecule has 0 heterocycles. The number of halogens is 6. The molecule has 31 heavy (non-hydrogen) atoms. The highest BCUT2D eigenvalue weighted by Gasteiger charge is 2.32. The summed E-state index contributed by atoms with van der Waals surface area (Å²) in [5.74, 6) is -1.05. The van der Waals surface area contributed by atoms with Gasteiger partial charge in [-0.3, -0.25) is 10.1 Å². The number of nitrogen functional groups attached to an aromatic ring is 3. The van der Waals surface area contributed by atoms with Crippen molar-refractivity contribution in [2.45, 2.75) is 20.2 Å². The Labute approximate surface area is 172 Å². The van der Waals surface area contributed by atoms with Gasteiger partial charge in [-0.1, -0.05) is 7.43 Å². The number of alkyl halides is 6. The number of aliphatic hydroxyl groups excluding tert-OH is 1. The lowest BCUT2D eigenvalue weighted by atomic mass is 10.2.